The lowest BCUT2D eigenvalue weighted by atomic mass is 10.0. The van der Waals surface area contributed by atoms with Crippen molar-refractivity contribution in [2.45, 2.75) is 44.8 Å². The second kappa shape index (κ2) is 4.49. The first-order valence-electron chi connectivity index (χ1n) is 6.12. The lowest BCUT2D eigenvalue weighted by molar-refractivity contribution is -0.137. The van der Waals surface area contributed by atoms with Gasteiger partial charge >= 0.3 is 0 Å². The van der Waals surface area contributed by atoms with Gasteiger partial charge in [0, 0.05) is 12.6 Å². The largest absolute Gasteiger partial charge is 0.334 e. The third kappa shape index (κ3) is 3.07. The summed E-state index contributed by atoms with van der Waals surface area (Å²) in [5.74, 6) is 0.0452. The summed E-state index contributed by atoms with van der Waals surface area (Å²) >= 11 is 0. The Morgan fingerprint density at radius 2 is 1.94 bits per heavy atom. The van der Waals surface area contributed by atoms with E-state index in [1.165, 1.54) is 0 Å². The molecule has 0 aliphatic heterocycles. The molecule has 2 N–H and O–H groups in total. The van der Waals surface area contributed by atoms with E-state index < -0.39 is 5.54 Å². The molecule has 0 aromatic heterocycles. The van der Waals surface area contributed by atoms with E-state index in [0.29, 0.717) is 12.6 Å². The predicted molar refractivity (Wildman–Crippen MR) is 68.3 cm³/mol. The van der Waals surface area contributed by atoms with Crippen LogP contribution in [0.1, 0.15) is 32.3 Å². The number of rotatable bonds is 4. The van der Waals surface area contributed by atoms with Gasteiger partial charge in [-0.2, -0.15) is 0 Å². The minimum atomic E-state index is -0.780. The van der Waals surface area contributed by atoms with Crippen molar-refractivity contribution >= 4 is 5.91 Å². The van der Waals surface area contributed by atoms with Crippen LogP contribution in [0.5, 0.6) is 0 Å². The molecule has 2 rings (SSSR count). The monoisotopic (exact) mass is 232 g/mol. The molecule has 1 fully saturated rings. The van der Waals surface area contributed by atoms with Crippen molar-refractivity contribution in [1.29, 1.82) is 0 Å². The molecule has 0 heterocycles. The molecular weight excluding hydrogens is 212 g/mol. The molecule has 0 radical (unpaired) electrons. The van der Waals surface area contributed by atoms with Gasteiger partial charge in [0.2, 0.25) is 5.91 Å². The molecule has 1 aromatic rings. The summed E-state index contributed by atoms with van der Waals surface area (Å²) in [6.07, 6.45) is 2.21. The molecule has 1 aromatic carbocycles. The highest BCUT2D eigenvalue weighted by molar-refractivity contribution is 5.85. The highest BCUT2D eigenvalue weighted by Gasteiger charge is 2.37. The van der Waals surface area contributed by atoms with E-state index in [-0.39, 0.29) is 5.91 Å². The van der Waals surface area contributed by atoms with E-state index in [0.717, 1.165) is 18.4 Å². The Morgan fingerprint density at radius 3 is 2.41 bits per heavy atom. The van der Waals surface area contributed by atoms with Gasteiger partial charge in [-0.25, -0.2) is 0 Å². The maximum atomic E-state index is 12.3. The summed E-state index contributed by atoms with van der Waals surface area (Å²) in [7, 11) is 0. The number of nitrogens with zero attached hydrogens (tertiary/aromatic N) is 1. The summed E-state index contributed by atoms with van der Waals surface area (Å²) in [6, 6.07) is 10.5. The Morgan fingerprint density at radius 1 is 1.35 bits per heavy atom. The summed E-state index contributed by atoms with van der Waals surface area (Å²) in [6.45, 7) is 4.22. The molecular formula is C14H20N2O. The topological polar surface area (TPSA) is 46.3 Å². The predicted octanol–water partition coefficient (Wildman–Crippen LogP) is 1.91. The van der Waals surface area contributed by atoms with E-state index >= 15 is 0 Å². The van der Waals surface area contributed by atoms with E-state index in [1.807, 2.05) is 35.2 Å². The number of benzene rings is 1. The minimum absolute atomic E-state index is 0.0452. The first kappa shape index (κ1) is 12.1. The van der Waals surface area contributed by atoms with Gasteiger partial charge in [0.15, 0.2) is 0 Å². The molecule has 1 aliphatic rings. The minimum Gasteiger partial charge on any atom is -0.334 e. The zero-order valence-corrected chi connectivity index (χ0v) is 10.5. The first-order valence-corrected chi connectivity index (χ1v) is 6.12. The van der Waals surface area contributed by atoms with Crippen LogP contribution >= 0.6 is 0 Å². The zero-order valence-electron chi connectivity index (χ0n) is 10.5. The molecule has 1 saturated carbocycles. The number of carbonyl (C=O) groups is 1. The normalized spacial score (nSPS) is 15.7. The smallest absolute Gasteiger partial charge is 0.242 e. The molecule has 3 nitrogen and oxygen atoms in total. The second-order valence-corrected chi connectivity index (χ2v) is 5.37. The highest BCUT2D eigenvalue weighted by Crippen LogP contribution is 2.29. The third-order valence-electron chi connectivity index (χ3n) is 3.00. The van der Waals surface area contributed by atoms with Gasteiger partial charge in [0.25, 0.3) is 0 Å². The average Bonchev–Trinajstić information content (AvgIpc) is 3.09. The molecule has 1 aliphatic carbocycles. The van der Waals surface area contributed by atoms with Crippen LogP contribution in [0, 0.1) is 0 Å². The van der Waals surface area contributed by atoms with Gasteiger partial charge in [0.05, 0.1) is 5.54 Å². The van der Waals surface area contributed by atoms with Crippen molar-refractivity contribution in [2.24, 2.45) is 5.73 Å². The molecule has 3 heteroatoms. The molecule has 0 atom stereocenters. The van der Waals surface area contributed by atoms with Gasteiger partial charge in [-0.15, -0.1) is 0 Å². The maximum Gasteiger partial charge on any atom is 0.242 e. The Balaban J connectivity index is 2.11. The van der Waals surface area contributed by atoms with Gasteiger partial charge < -0.3 is 10.6 Å². The fourth-order valence-corrected chi connectivity index (χ4v) is 1.90. The fraction of sp³-hybridized carbons (Fsp3) is 0.500. The summed E-state index contributed by atoms with van der Waals surface area (Å²) in [5, 5.41) is 0. The number of carbonyl (C=O) groups excluding carboxylic acids is 1. The summed E-state index contributed by atoms with van der Waals surface area (Å²) in [4.78, 5) is 14.2. The molecule has 0 unspecified atom stereocenters. The van der Waals surface area contributed by atoms with E-state index in [1.54, 1.807) is 13.8 Å². The zero-order chi connectivity index (χ0) is 12.5. The Labute approximate surface area is 103 Å². The van der Waals surface area contributed by atoms with Crippen LogP contribution in [0.2, 0.25) is 0 Å². The van der Waals surface area contributed by atoms with Crippen molar-refractivity contribution in [3.05, 3.63) is 35.9 Å². The summed E-state index contributed by atoms with van der Waals surface area (Å²) < 4.78 is 0. The molecule has 0 saturated heterocycles. The maximum absolute atomic E-state index is 12.3. The van der Waals surface area contributed by atoms with E-state index in [4.69, 9.17) is 5.73 Å². The SMILES string of the molecule is CC(C)(N)C(=O)N(Cc1ccccc1)C1CC1. The first-order chi connectivity index (χ1) is 7.98. The standard InChI is InChI=1S/C14H20N2O/c1-14(2,15)13(17)16(12-8-9-12)10-11-6-4-3-5-7-11/h3-7,12H,8-10,15H2,1-2H3. The van der Waals surface area contributed by atoms with E-state index in [2.05, 4.69) is 0 Å². The van der Waals surface area contributed by atoms with Gasteiger partial charge in [-0.3, -0.25) is 4.79 Å². The van der Waals surface area contributed by atoms with Crippen LogP contribution in [0.4, 0.5) is 0 Å². The highest BCUT2D eigenvalue weighted by atomic mass is 16.2. The van der Waals surface area contributed by atoms with Gasteiger partial charge in [-0.1, -0.05) is 30.3 Å². The Bertz CT molecular complexity index is 390. The van der Waals surface area contributed by atoms with Gasteiger partial charge in [-0.05, 0) is 32.3 Å². The van der Waals surface area contributed by atoms with Crippen LogP contribution < -0.4 is 5.73 Å². The van der Waals surface area contributed by atoms with E-state index in [9.17, 15) is 4.79 Å². The van der Waals surface area contributed by atoms with Crippen molar-refractivity contribution in [3.63, 3.8) is 0 Å². The quantitative estimate of drug-likeness (QED) is 0.862. The molecule has 1 amide bonds. The van der Waals surface area contributed by atoms with Gasteiger partial charge in [0.1, 0.15) is 0 Å². The van der Waals surface area contributed by atoms with Crippen LogP contribution in [0.25, 0.3) is 0 Å². The van der Waals surface area contributed by atoms with Crippen molar-refractivity contribution in [2.75, 3.05) is 0 Å². The number of hydrogen-bond donors (Lipinski definition) is 1. The molecule has 0 bridgehead atoms. The lowest BCUT2D eigenvalue weighted by Crippen LogP contribution is -2.51. The lowest BCUT2D eigenvalue weighted by Gasteiger charge is -2.29. The fourth-order valence-electron chi connectivity index (χ4n) is 1.90. The van der Waals surface area contributed by atoms with Crippen LogP contribution in [-0.4, -0.2) is 22.4 Å². The number of nitrogens with two attached hydrogens (primary N) is 1. The molecule has 92 valence electrons. The number of hydrogen-bond acceptors (Lipinski definition) is 2. The Kier molecular flexibility index (Phi) is 3.20. The third-order valence-corrected chi connectivity index (χ3v) is 3.00. The second-order valence-electron chi connectivity index (χ2n) is 5.37. The summed E-state index contributed by atoms with van der Waals surface area (Å²) in [5.41, 5.74) is 6.29. The Hall–Kier alpha value is -1.35. The van der Waals surface area contributed by atoms with Crippen molar-refractivity contribution < 1.29 is 4.79 Å². The van der Waals surface area contributed by atoms with Crippen LogP contribution in [0.15, 0.2) is 30.3 Å². The molecule has 0 spiro atoms. The van der Waals surface area contributed by atoms with Crippen LogP contribution in [0.3, 0.4) is 0 Å². The molecule has 17 heavy (non-hydrogen) atoms. The van der Waals surface area contributed by atoms with Crippen LogP contribution in [-0.2, 0) is 11.3 Å². The number of amides is 1. The average molecular weight is 232 g/mol. The van der Waals surface area contributed by atoms with Crippen molar-refractivity contribution in [3.8, 4) is 0 Å². The van der Waals surface area contributed by atoms with Crippen molar-refractivity contribution in [1.82, 2.24) is 4.90 Å².